The number of pyridine rings is 1. The molecule has 0 spiro atoms. The number of carboxylic acid groups (broad SMARTS) is 1. The maximum Gasteiger partial charge on any atom is 0.307 e. The third-order valence-corrected chi connectivity index (χ3v) is 6.51. The van der Waals surface area contributed by atoms with E-state index < -0.39 is 21.9 Å². The molecule has 0 aliphatic carbocycles. The first-order chi connectivity index (χ1) is 16.8. The SMILES string of the molecule is COc1ccc(CC(=O)O)cc1S(=O)(=O)Nc1ccccc1NC(=O)c1ccc2ccccc2n1. The number of fused-ring (bicyclic) bond motifs is 1. The number of hydrogen-bond acceptors (Lipinski definition) is 6. The van der Waals surface area contributed by atoms with E-state index in [1.807, 2.05) is 18.2 Å². The van der Waals surface area contributed by atoms with Gasteiger partial charge in [0.15, 0.2) is 0 Å². The van der Waals surface area contributed by atoms with Crippen LogP contribution < -0.4 is 14.8 Å². The predicted octanol–water partition coefficient (Wildman–Crippen LogP) is 3.92. The van der Waals surface area contributed by atoms with Gasteiger partial charge < -0.3 is 15.2 Å². The van der Waals surface area contributed by atoms with Crippen molar-refractivity contribution in [1.82, 2.24) is 4.98 Å². The molecule has 0 aliphatic rings. The third-order valence-electron chi connectivity index (χ3n) is 5.12. The summed E-state index contributed by atoms with van der Waals surface area (Å²) >= 11 is 0. The lowest BCUT2D eigenvalue weighted by Gasteiger charge is -2.15. The highest BCUT2D eigenvalue weighted by Crippen LogP contribution is 2.30. The molecule has 0 atom stereocenters. The van der Waals surface area contributed by atoms with E-state index >= 15 is 0 Å². The molecule has 3 N–H and O–H groups in total. The van der Waals surface area contributed by atoms with Crippen molar-refractivity contribution in [3.05, 3.63) is 90.1 Å². The van der Waals surface area contributed by atoms with Crippen molar-refractivity contribution in [2.45, 2.75) is 11.3 Å². The zero-order valence-electron chi connectivity index (χ0n) is 18.6. The average Bonchev–Trinajstić information content (AvgIpc) is 2.84. The molecule has 1 aromatic heterocycles. The van der Waals surface area contributed by atoms with Gasteiger partial charge in [-0.05, 0) is 42.0 Å². The third kappa shape index (κ3) is 5.39. The molecule has 4 aromatic rings. The number of sulfonamides is 1. The lowest BCUT2D eigenvalue weighted by Crippen LogP contribution is -2.18. The number of aromatic nitrogens is 1. The van der Waals surface area contributed by atoms with Gasteiger partial charge in [0.2, 0.25) is 0 Å². The zero-order chi connectivity index (χ0) is 25.0. The second kappa shape index (κ2) is 9.82. The molecule has 0 saturated carbocycles. The minimum atomic E-state index is -4.20. The maximum absolute atomic E-state index is 13.2. The minimum absolute atomic E-state index is 0.0496. The van der Waals surface area contributed by atoms with Crippen molar-refractivity contribution in [3.63, 3.8) is 0 Å². The number of benzene rings is 3. The fourth-order valence-electron chi connectivity index (χ4n) is 3.48. The van der Waals surface area contributed by atoms with Gasteiger partial charge in [0.25, 0.3) is 15.9 Å². The molecule has 178 valence electrons. The standard InChI is InChI=1S/C25H21N3O6S/c1-34-22-13-10-16(15-24(29)30)14-23(22)35(32,33)28-20-9-5-4-8-19(20)27-25(31)21-12-11-17-6-2-3-7-18(17)26-21/h2-14,28H,15H2,1H3,(H,27,31)(H,29,30). The molecule has 0 fully saturated rings. The number of carboxylic acids is 1. The van der Waals surface area contributed by atoms with Gasteiger partial charge in [-0.3, -0.25) is 14.3 Å². The number of methoxy groups -OCH3 is 1. The number of carbonyl (C=O) groups excluding carboxylic acids is 1. The molecular formula is C25H21N3O6S. The first-order valence-electron chi connectivity index (χ1n) is 10.4. The molecule has 1 amide bonds. The zero-order valence-corrected chi connectivity index (χ0v) is 19.4. The van der Waals surface area contributed by atoms with Crippen LogP contribution in [0.15, 0.2) is 83.8 Å². The van der Waals surface area contributed by atoms with E-state index in [1.54, 1.807) is 36.4 Å². The quantitative estimate of drug-likeness (QED) is 0.340. The molecule has 1 heterocycles. The van der Waals surface area contributed by atoms with Crippen molar-refractivity contribution >= 4 is 44.2 Å². The number of ether oxygens (including phenoxy) is 1. The van der Waals surface area contributed by atoms with Gasteiger partial charge >= 0.3 is 5.97 Å². The highest BCUT2D eigenvalue weighted by atomic mass is 32.2. The summed E-state index contributed by atoms with van der Waals surface area (Å²) in [5, 5.41) is 12.6. The fraction of sp³-hybridized carbons (Fsp3) is 0.0800. The van der Waals surface area contributed by atoms with E-state index in [4.69, 9.17) is 9.84 Å². The topological polar surface area (TPSA) is 135 Å². The summed E-state index contributed by atoms with van der Waals surface area (Å²) in [6.45, 7) is 0. The van der Waals surface area contributed by atoms with Crippen LogP contribution in [0.5, 0.6) is 5.75 Å². The smallest absolute Gasteiger partial charge is 0.307 e. The van der Waals surface area contributed by atoms with Crippen LogP contribution in [0, 0.1) is 0 Å². The van der Waals surface area contributed by atoms with Crippen molar-refractivity contribution in [2.24, 2.45) is 0 Å². The number of aliphatic carboxylic acids is 1. The number of amides is 1. The molecular weight excluding hydrogens is 470 g/mol. The Morgan fingerprint density at radius 1 is 0.943 bits per heavy atom. The number of nitrogens with zero attached hydrogens (tertiary/aromatic N) is 1. The van der Waals surface area contributed by atoms with E-state index in [2.05, 4.69) is 15.0 Å². The Labute approximate surface area is 201 Å². The molecule has 0 unspecified atom stereocenters. The number of hydrogen-bond donors (Lipinski definition) is 3. The van der Waals surface area contributed by atoms with Crippen LogP contribution in [-0.4, -0.2) is 37.5 Å². The highest BCUT2D eigenvalue weighted by molar-refractivity contribution is 7.92. The molecule has 3 aromatic carbocycles. The van der Waals surface area contributed by atoms with Crippen LogP contribution >= 0.6 is 0 Å². The predicted molar refractivity (Wildman–Crippen MR) is 131 cm³/mol. The van der Waals surface area contributed by atoms with E-state index in [0.717, 1.165) is 5.39 Å². The molecule has 0 bridgehead atoms. The molecule has 10 heteroatoms. The number of nitrogens with one attached hydrogen (secondary N) is 2. The summed E-state index contributed by atoms with van der Waals surface area (Å²) in [5.41, 5.74) is 1.46. The van der Waals surface area contributed by atoms with E-state index in [1.165, 1.54) is 31.4 Å². The van der Waals surface area contributed by atoms with Crippen LogP contribution in [0.2, 0.25) is 0 Å². The van der Waals surface area contributed by atoms with Crippen LogP contribution in [-0.2, 0) is 21.2 Å². The molecule has 4 rings (SSSR count). The Balaban J connectivity index is 1.62. The van der Waals surface area contributed by atoms with Gasteiger partial charge in [-0.1, -0.05) is 42.5 Å². The Bertz CT molecular complexity index is 1540. The van der Waals surface area contributed by atoms with E-state index in [0.29, 0.717) is 11.1 Å². The Kier molecular flexibility index (Phi) is 6.65. The molecule has 0 radical (unpaired) electrons. The number of carbonyl (C=O) groups is 2. The van der Waals surface area contributed by atoms with Gasteiger partial charge in [-0.25, -0.2) is 13.4 Å². The van der Waals surface area contributed by atoms with Crippen LogP contribution in [0.3, 0.4) is 0 Å². The maximum atomic E-state index is 13.2. The van der Waals surface area contributed by atoms with Gasteiger partial charge in [-0.2, -0.15) is 0 Å². The van der Waals surface area contributed by atoms with Gasteiger partial charge in [0, 0.05) is 5.39 Å². The first kappa shape index (κ1) is 23.7. The molecule has 0 saturated heterocycles. The second-order valence-corrected chi connectivity index (χ2v) is 9.20. The Morgan fingerprint density at radius 3 is 2.40 bits per heavy atom. The highest BCUT2D eigenvalue weighted by Gasteiger charge is 2.22. The number of rotatable bonds is 8. The average molecular weight is 492 g/mol. The summed E-state index contributed by atoms with van der Waals surface area (Å²) in [6, 6.07) is 21.2. The summed E-state index contributed by atoms with van der Waals surface area (Å²) in [5.74, 6) is -1.56. The van der Waals surface area contributed by atoms with Gasteiger partial charge in [0.05, 0.1) is 30.4 Å². The molecule has 35 heavy (non-hydrogen) atoms. The van der Waals surface area contributed by atoms with Gasteiger partial charge in [0.1, 0.15) is 16.3 Å². The molecule has 0 aliphatic heterocycles. The van der Waals surface area contributed by atoms with Crippen molar-refractivity contribution in [2.75, 3.05) is 17.1 Å². The lowest BCUT2D eigenvalue weighted by atomic mass is 10.1. The summed E-state index contributed by atoms with van der Waals surface area (Å²) in [7, 11) is -2.89. The van der Waals surface area contributed by atoms with E-state index in [9.17, 15) is 18.0 Å². The summed E-state index contributed by atoms with van der Waals surface area (Å²) in [6.07, 6.45) is -0.349. The number of anilines is 2. The molecule has 9 nitrogen and oxygen atoms in total. The lowest BCUT2D eigenvalue weighted by molar-refractivity contribution is -0.136. The van der Waals surface area contributed by atoms with Crippen LogP contribution in [0.4, 0.5) is 11.4 Å². The second-order valence-electron chi connectivity index (χ2n) is 7.55. The Morgan fingerprint density at radius 2 is 1.66 bits per heavy atom. The summed E-state index contributed by atoms with van der Waals surface area (Å²) < 4.78 is 34.0. The van der Waals surface area contributed by atoms with Crippen LogP contribution in [0.25, 0.3) is 10.9 Å². The van der Waals surface area contributed by atoms with E-state index in [-0.39, 0.29) is 34.1 Å². The van der Waals surface area contributed by atoms with Crippen molar-refractivity contribution < 1.29 is 27.9 Å². The first-order valence-corrected chi connectivity index (χ1v) is 11.9. The van der Waals surface area contributed by atoms with Gasteiger partial charge in [-0.15, -0.1) is 0 Å². The normalized spacial score (nSPS) is 11.1. The van der Waals surface area contributed by atoms with Crippen LogP contribution in [0.1, 0.15) is 16.1 Å². The van der Waals surface area contributed by atoms with Crippen molar-refractivity contribution in [3.8, 4) is 5.75 Å². The fourth-order valence-corrected chi connectivity index (χ4v) is 4.78. The monoisotopic (exact) mass is 491 g/mol. The minimum Gasteiger partial charge on any atom is -0.495 e. The van der Waals surface area contributed by atoms with Crippen molar-refractivity contribution in [1.29, 1.82) is 0 Å². The number of para-hydroxylation sites is 3. The largest absolute Gasteiger partial charge is 0.495 e. The summed E-state index contributed by atoms with van der Waals surface area (Å²) in [4.78, 5) is 28.1. The Hall–Kier alpha value is -4.44.